The van der Waals surface area contributed by atoms with Gasteiger partial charge in [-0.3, -0.25) is 4.79 Å². The Bertz CT molecular complexity index is 144. The van der Waals surface area contributed by atoms with Crippen LogP contribution in [0.4, 0.5) is 0 Å². The highest BCUT2D eigenvalue weighted by atomic mass is 16.5. The molecule has 0 aromatic heterocycles. The van der Waals surface area contributed by atoms with Crippen molar-refractivity contribution in [3.63, 3.8) is 0 Å². The van der Waals surface area contributed by atoms with E-state index < -0.39 is 24.6 Å². The van der Waals surface area contributed by atoms with Gasteiger partial charge in [-0.25, -0.2) is 0 Å². The lowest BCUT2D eigenvalue weighted by Crippen LogP contribution is -2.37. The van der Waals surface area contributed by atoms with Crippen LogP contribution in [-0.2, 0) is 9.53 Å². The molecule has 4 N–H and O–H groups in total. The zero-order chi connectivity index (χ0) is 9.61. The number of nitrogens with two attached hydrogens (primary N) is 1. The molecule has 0 aliphatic heterocycles. The second-order valence-corrected chi connectivity index (χ2v) is 2.80. The maximum atomic E-state index is 11.1. The number of carbonyl (C=O) groups is 1. The second-order valence-electron chi connectivity index (χ2n) is 2.80. The van der Waals surface area contributed by atoms with Crippen molar-refractivity contribution in [2.75, 3.05) is 26.4 Å². The summed E-state index contributed by atoms with van der Waals surface area (Å²) in [5, 5.41) is 17.5. The lowest BCUT2D eigenvalue weighted by atomic mass is 9.93. The van der Waals surface area contributed by atoms with Gasteiger partial charge in [0.25, 0.3) is 0 Å². The van der Waals surface area contributed by atoms with Crippen LogP contribution in [0, 0.1) is 5.41 Å². The smallest absolute Gasteiger partial charge is 0.316 e. The Morgan fingerprint density at radius 2 is 2.00 bits per heavy atom. The molecule has 0 aliphatic carbocycles. The van der Waals surface area contributed by atoms with E-state index in [1.54, 1.807) is 0 Å². The Hall–Kier alpha value is -0.650. The summed E-state index contributed by atoms with van der Waals surface area (Å²) in [6, 6.07) is 0. The first-order valence-electron chi connectivity index (χ1n) is 3.69. The van der Waals surface area contributed by atoms with Gasteiger partial charge in [0.15, 0.2) is 0 Å². The summed E-state index contributed by atoms with van der Waals surface area (Å²) in [6.07, 6.45) is 0. The van der Waals surface area contributed by atoms with Crippen LogP contribution in [-0.4, -0.2) is 42.5 Å². The van der Waals surface area contributed by atoms with Gasteiger partial charge in [0.2, 0.25) is 0 Å². The first-order valence-corrected chi connectivity index (χ1v) is 3.69. The van der Waals surface area contributed by atoms with Gasteiger partial charge in [0, 0.05) is 6.54 Å². The highest BCUT2D eigenvalue weighted by Crippen LogP contribution is 2.15. The van der Waals surface area contributed by atoms with Crippen molar-refractivity contribution in [1.29, 1.82) is 0 Å². The van der Waals surface area contributed by atoms with Crippen molar-refractivity contribution in [2.24, 2.45) is 11.1 Å². The van der Waals surface area contributed by atoms with Gasteiger partial charge in [0.1, 0.15) is 12.0 Å². The molecule has 0 rings (SSSR count). The molecule has 0 spiro atoms. The quantitative estimate of drug-likeness (QED) is 0.443. The normalized spacial score (nSPS) is 11.3. The molecular weight excluding hydrogens is 162 g/mol. The molecule has 72 valence electrons. The first kappa shape index (κ1) is 11.4. The average Bonchev–Trinajstić information content (AvgIpc) is 2.12. The van der Waals surface area contributed by atoms with Crippen molar-refractivity contribution < 1.29 is 19.7 Å². The zero-order valence-corrected chi connectivity index (χ0v) is 7.12. The summed E-state index contributed by atoms with van der Waals surface area (Å²) in [5.74, 6) is -0.627. The topological polar surface area (TPSA) is 92.8 Å². The molecule has 0 heterocycles. The van der Waals surface area contributed by atoms with Crippen molar-refractivity contribution >= 4 is 5.97 Å². The van der Waals surface area contributed by atoms with Gasteiger partial charge < -0.3 is 20.7 Å². The Kier molecular flexibility index (Phi) is 4.80. The van der Waals surface area contributed by atoms with Gasteiger partial charge in [-0.15, -0.1) is 0 Å². The molecule has 0 aromatic carbocycles. The highest BCUT2D eigenvalue weighted by molar-refractivity contribution is 5.76. The third-order valence-corrected chi connectivity index (χ3v) is 1.54. The summed E-state index contributed by atoms with van der Waals surface area (Å²) in [6.45, 7) is 0.888. The van der Waals surface area contributed by atoms with Crippen LogP contribution in [0.1, 0.15) is 6.92 Å². The van der Waals surface area contributed by atoms with E-state index in [9.17, 15) is 4.79 Å². The number of ether oxygens (including phenoxy) is 1. The van der Waals surface area contributed by atoms with E-state index in [2.05, 4.69) is 4.74 Å². The summed E-state index contributed by atoms with van der Waals surface area (Å²) in [7, 11) is 0. The molecule has 0 saturated heterocycles. The number of esters is 1. The van der Waals surface area contributed by atoms with Crippen LogP contribution < -0.4 is 5.73 Å². The standard InChI is InChI=1S/C7H15NO4/c1-7(4-9,5-10)6(11)12-3-2-8/h9-10H,2-5,8H2,1H3. The number of carbonyl (C=O) groups excluding carboxylic acids is 1. The molecule has 0 bridgehead atoms. The molecule has 0 radical (unpaired) electrons. The number of rotatable bonds is 5. The van der Waals surface area contributed by atoms with Crippen molar-refractivity contribution in [2.45, 2.75) is 6.92 Å². The lowest BCUT2D eigenvalue weighted by Gasteiger charge is -2.21. The predicted octanol–water partition coefficient (Wildman–Crippen LogP) is -1.52. The maximum absolute atomic E-state index is 11.1. The lowest BCUT2D eigenvalue weighted by molar-refractivity contribution is -0.159. The van der Waals surface area contributed by atoms with Crippen molar-refractivity contribution in [3.8, 4) is 0 Å². The van der Waals surface area contributed by atoms with Crippen LogP contribution in [0.25, 0.3) is 0 Å². The monoisotopic (exact) mass is 177 g/mol. The van der Waals surface area contributed by atoms with Gasteiger partial charge in [0.05, 0.1) is 13.2 Å². The van der Waals surface area contributed by atoms with E-state index in [-0.39, 0.29) is 13.2 Å². The molecule has 0 unspecified atom stereocenters. The van der Waals surface area contributed by atoms with Crippen LogP contribution >= 0.6 is 0 Å². The maximum Gasteiger partial charge on any atom is 0.316 e. The van der Waals surface area contributed by atoms with E-state index in [1.807, 2.05) is 0 Å². The van der Waals surface area contributed by atoms with Gasteiger partial charge in [-0.1, -0.05) is 0 Å². The van der Waals surface area contributed by atoms with Gasteiger partial charge in [-0.05, 0) is 6.92 Å². The molecule has 12 heavy (non-hydrogen) atoms. The van der Waals surface area contributed by atoms with Crippen LogP contribution in [0.3, 0.4) is 0 Å². The third-order valence-electron chi connectivity index (χ3n) is 1.54. The third kappa shape index (κ3) is 2.77. The fourth-order valence-corrected chi connectivity index (χ4v) is 0.505. The van der Waals surface area contributed by atoms with E-state index in [0.717, 1.165) is 0 Å². The van der Waals surface area contributed by atoms with E-state index >= 15 is 0 Å². The fourth-order valence-electron chi connectivity index (χ4n) is 0.505. The Morgan fingerprint density at radius 1 is 1.50 bits per heavy atom. The molecule has 0 aliphatic rings. The first-order chi connectivity index (χ1) is 5.60. The Labute approximate surface area is 71.1 Å². The molecule has 5 heteroatoms. The second kappa shape index (κ2) is 5.08. The zero-order valence-electron chi connectivity index (χ0n) is 7.12. The minimum absolute atomic E-state index is 0.106. The fraction of sp³-hybridized carbons (Fsp3) is 0.857. The summed E-state index contributed by atoms with van der Waals surface area (Å²) in [4.78, 5) is 11.1. The molecule has 0 amide bonds. The summed E-state index contributed by atoms with van der Waals surface area (Å²) >= 11 is 0. The molecule has 5 nitrogen and oxygen atoms in total. The molecule has 0 atom stereocenters. The molecule has 0 aromatic rings. The average molecular weight is 177 g/mol. The number of hydrogen-bond donors (Lipinski definition) is 3. The minimum Gasteiger partial charge on any atom is -0.464 e. The largest absolute Gasteiger partial charge is 0.464 e. The predicted molar refractivity (Wildman–Crippen MR) is 42.3 cm³/mol. The van der Waals surface area contributed by atoms with Crippen LogP contribution in [0.15, 0.2) is 0 Å². The molecule has 0 fully saturated rings. The molecular formula is C7H15NO4. The van der Waals surface area contributed by atoms with Gasteiger partial charge >= 0.3 is 5.97 Å². The van der Waals surface area contributed by atoms with Crippen molar-refractivity contribution in [1.82, 2.24) is 0 Å². The molecule has 0 saturated carbocycles. The van der Waals surface area contributed by atoms with Crippen molar-refractivity contribution in [3.05, 3.63) is 0 Å². The van der Waals surface area contributed by atoms with Crippen LogP contribution in [0.2, 0.25) is 0 Å². The number of aliphatic hydroxyl groups is 2. The summed E-state index contributed by atoms with van der Waals surface area (Å²) < 4.78 is 4.65. The van der Waals surface area contributed by atoms with E-state index in [0.29, 0.717) is 0 Å². The SMILES string of the molecule is CC(CO)(CO)C(=O)OCCN. The highest BCUT2D eigenvalue weighted by Gasteiger charge is 2.33. The Balaban J connectivity index is 4.03. The number of aliphatic hydroxyl groups excluding tert-OH is 2. The number of hydrogen-bond acceptors (Lipinski definition) is 5. The van der Waals surface area contributed by atoms with Crippen LogP contribution in [0.5, 0.6) is 0 Å². The summed E-state index contributed by atoms with van der Waals surface area (Å²) in [5.41, 5.74) is 3.89. The van der Waals surface area contributed by atoms with E-state index in [4.69, 9.17) is 15.9 Å². The van der Waals surface area contributed by atoms with Gasteiger partial charge in [-0.2, -0.15) is 0 Å². The minimum atomic E-state index is -1.21. The Morgan fingerprint density at radius 3 is 2.33 bits per heavy atom. The van der Waals surface area contributed by atoms with E-state index in [1.165, 1.54) is 6.92 Å².